The van der Waals surface area contributed by atoms with Gasteiger partial charge in [0.15, 0.2) is 0 Å². The molecule has 1 saturated carbocycles. The van der Waals surface area contributed by atoms with E-state index in [4.69, 9.17) is 0 Å². The summed E-state index contributed by atoms with van der Waals surface area (Å²) in [4.78, 5) is 11.8. The SMILES string of the molecule is CC1(C)CCCNC1CNC(=O)CC1CCC1.Cl. The van der Waals surface area contributed by atoms with Crippen LogP contribution in [0, 0.1) is 11.3 Å². The van der Waals surface area contributed by atoms with Crippen LogP contribution >= 0.6 is 12.4 Å². The average molecular weight is 275 g/mol. The number of hydrogen-bond donors (Lipinski definition) is 2. The Kier molecular flexibility index (Phi) is 5.93. The van der Waals surface area contributed by atoms with Gasteiger partial charge in [-0.2, -0.15) is 0 Å². The Balaban J connectivity index is 0.00000162. The van der Waals surface area contributed by atoms with Gasteiger partial charge in [0.1, 0.15) is 0 Å². The van der Waals surface area contributed by atoms with E-state index < -0.39 is 0 Å². The fourth-order valence-corrected chi connectivity index (χ4v) is 2.87. The second kappa shape index (κ2) is 6.76. The molecule has 3 nitrogen and oxygen atoms in total. The summed E-state index contributed by atoms with van der Waals surface area (Å²) in [6.45, 7) is 6.47. The van der Waals surface area contributed by atoms with Crippen molar-refractivity contribution in [3.05, 3.63) is 0 Å². The third-order valence-electron chi connectivity index (χ3n) is 4.53. The molecule has 2 N–H and O–H groups in total. The van der Waals surface area contributed by atoms with Crippen LogP contribution in [0.15, 0.2) is 0 Å². The minimum Gasteiger partial charge on any atom is -0.355 e. The number of amides is 1. The molecule has 1 atom stereocenters. The van der Waals surface area contributed by atoms with Gasteiger partial charge in [-0.05, 0) is 43.6 Å². The molecule has 0 aromatic heterocycles. The molecule has 0 bridgehead atoms. The van der Waals surface area contributed by atoms with E-state index in [2.05, 4.69) is 24.5 Å². The minimum atomic E-state index is 0. The van der Waals surface area contributed by atoms with Gasteiger partial charge in [0, 0.05) is 19.0 Å². The van der Waals surface area contributed by atoms with Crippen molar-refractivity contribution < 1.29 is 4.79 Å². The Morgan fingerprint density at radius 2 is 2.06 bits per heavy atom. The molecule has 0 aromatic carbocycles. The molecule has 2 fully saturated rings. The van der Waals surface area contributed by atoms with E-state index in [9.17, 15) is 4.79 Å². The van der Waals surface area contributed by atoms with Crippen LogP contribution in [0.3, 0.4) is 0 Å². The van der Waals surface area contributed by atoms with Crippen LogP contribution in [0.2, 0.25) is 0 Å². The van der Waals surface area contributed by atoms with Crippen LogP contribution in [0.1, 0.15) is 52.4 Å². The Morgan fingerprint density at radius 3 is 2.61 bits per heavy atom. The molecular weight excluding hydrogens is 248 g/mol. The second-order valence-corrected chi connectivity index (χ2v) is 6.40. The molecule has 0 aromatic rings. The molecule has 1 unspecified atom stereocenters. The maximum Gasteiger partial charge on any atom is 0.220 e. The molecule has 1 aliphatic carbocycles. The van der Waals surface area contributed by atoms with Gasteiger partial charge in [-0.1, -0.05) is 20.3 Å². The van der Waals surface area contributed by atoms with Crippen molar-refractivity contribution in [2.75, 3.05) is 13.1 Å². The van der Waals surface area contributed by atoms with Crippen LogP contribution in [-0.2, 0) is 4.79 Å². The predicted octanol–water partition coefficient (Wildman–Crippen LogP) is 2.49. The van der Waals surface area contributed by atoms with Gasteiger partial charge in [-0.25, -0.2) is 0 Å². The molecule has 4 heteroatoms. The van der Waals surface area contributed by atoms with E-state index >= 15 is 0 Å². The normalized spacial score (nSPS) is 26.9. The second-order valence-electron chi connectivity index (χ2n) is 6.40. The molecule has 106 valence electrons. The molecule has 1 saturated heterocycles. The van der Waals surface area contributed by atoms with Crippen molar-refractivity contribution >= 4 is 18.3 Å². The lowest BCUT2D eigenvalue weighted by Gasteiger charge is -2.39. The zero-order valence-electron chi connectivity index (χ0n) is 11.6. The first-order chi connectivity index (χ1) is 8.08. The molecule has 0 spiro atoms. The van der Waals surface area contributed by atoms with Crippen LogP contribution in [0.25, 0.3) is 0 Å². The first kappa shape index (κ1) is 15.8. The van der Waals surface area contributed by atoms with Gasteiger partial charge < -0.3 is 10.6 Å². The monoisotopic (exact) mass is 274 g/mol. The minimum absolute atomic E-state index is 0. The van der Waals surface area contributed by atoms with Crippen LogP contribution < -0.4 is 10.6 Å². The standard InChI is InChI=1S/C14H26N2O.ClH/c1-14(2)7-4-8-15-12(14)10-16-13(17)9-11-5-3-6-11;/h11-12,15H,3-10H2,1-2H3,(H,16,17);1H. The Hall–Kier alpha value is -0.280. The largest absolute Gasteiger partial charge is 0.355 e. The molecular formula is C14H27ClN2O. The summed E-state index contributed by atoms with van der Waals surface area (Å²) >= 11 is 0. The number of halogens is 1. The number of carbonyl (C=O) groups is 1. The van der Waals surface area contributed by atoms with Gasteiger partial charge in [0.05, 0.1) is 0 Å². The zero-order valence-corrected chi connectivity index (χ0v) is 12.4. The summed E-state index contributed by atoms with van der Waals surface area (Å²) in [6, 6.07) is 0.432. The maximum atomic E-state index is 11.8. The summed E-state index contributed by atoms with van der Waals surface area (Å²) in [6.07, 6.45) is 7.06. The first-order valence-corrected chi connectivity index (χ1v) is 7.08. The lowest BCUT2D eigenvalue weighted by Crippen LogP contribution is -2.52. The third kappa shape index (κ3) is 4.13. The van der Waals surface area contributed by atoms with E-state index in [-0.39, 0.29) is 18.3 Å². The Morgan fingerprint density at radius 1 is 1.33 bits per heavy atom. The highest BCUT2D eigenvalue weighted by atomic mass is 35.5. The molecule has 2 rings (SSSR count). The van der Waals surface area contributed by atoms with E-state index in [1.54, 1.807) is 0 Å². The molecule has 0 radical (unpaired) electrons. The Bertz CT molecular complexity index is 277. The molecule has 18 heavy (non-hydrogen) atoms. The quantitative estimate of drug-likeness (QED) is 0.827. The van der Waals surface area contributed by atoms with Crippen molar-refractivity contribution in [2.45, 2.75) is 58.4 Å². The fraction of sp³-hybridized carbons (Fsp3) is 0.929. The number of rotatable bonds is 4. The smallest absolute Gasteiger partial charge is 0.220 e. The Labute approximate surface area is 117 Å². The highest BCUT2D eigenvalue weighted by Crippen LogP contribution is 2.30. The molecule has 2 aliphatic rings. The summed E-state index contributed by atoms with van der Waals surface area (Å²) < 4.78 is 0. The first-order valence-electron chi connectivity index (χ1n) is 7.08. The van der Waals surface area contributed by atoms with Crippen molar-refractivity contribution in [1.29, 1.82) is 0 Å². The lowest BCUT2D eigenvalue weighted by molar-refractivity contribution is -0.122. The van der Waals surface area contributed by atoms with Crippen molar-refractivity contribution in [3.8, 4) is 0 Å². The van der Waals surface area contributed by atoms with E-state index in [0.29, 0.717) is 17.4 Å². The molecule has 1 heterocycles. The molecule has 1 aliphatic heterocycles. The summed E-state index contributed by atoms with van der Waals surface area (Å²) in [5.41, 5.74) is 0.308. The van der Waals surface area contributed by atoms with Crippen LogP contribution in [0.4, 0.5) is 0 Å². The van der Waals surface area contributed by atoms with Gasteiger partial charge in [-0.3, -0.25) is 4.79 Å². The number of hydrogen-bond acceptors (Lipinski definition) is 2. The van der Waals surface area contributed by atoms with E-state index in [1.807, 2.05) is 0 Å². The highest BCUT2D eigenvalue weighted by molar-refractivity contribution is 5.85. The van der Waals surface area contributed by atoms with Crippen molar-refractivity contribution in [2.24, 2.45) is 11.3 Å². The van der Waals surface area contributed by atoms with Crippen LogP contribution in [0.5, 0.6) is 0 Å². The zero-order chi connectivity index (χ0) is 12.3. The lowest BCUT2D eigenvalue weighted by atomic mass is 9.77. The van der Waals surface area contributed by atoms with Gasteiger partial charge in [0.25, 0.3) is 0 Å². The number of piperidine rings is 1. The number of nitrogens with one attached hydrogen (secondary N) is 2. The van der Waals surface area contributed by atoms with Crippen molar-refractivity contribution in [1.82, 2.24) is 10.6 Å². The van der Waals surface area contributed by atoms with E-state index in [1.165, 1.54) is 32.1 Å². The van der Waals surface area contributed by atoms with Crippen LogP contribution in [-0.4, -0.2) is 25.0 Å². The highest BCUT2D eigenvalue weighted by Gasteiger charge is 2.32. The summed E-state index contributed by atoms with van der Waals surface area (Å²) in [7, 11) is 0. The van der Waals surface area contributed by atoms with Crippen molar-refractivity contribution in [3.63, 3.8) is 0 Å². The topological polar surface area (TPSA) is 41.1 Å². The average Bonchev–Trinajstić information content (AvgIpc) is 2.21. The van der Waals surface area contributed by atoms with Gasteiger partial charge in [0.2, 0.25) is 5.91 Å². The van der Waals surface area contributed by atoms with Gasteiger partial charge >= 0.3 is 0 Å². The molecule has 1 amide bonds. The summed E-state index contributed by atoms with van der Waals surface area (Å²) in [5.74, 6) is 0.917. The predicted molar refractivity (Wildman–Crippen MR) is 77.0 cm³/mol. The fourth-order valence-electron chi connectivity index (χ4n) is 2.87. The van der Waals surface area contributed by atoms with E-state index in [0.717, 1.165) is 19.5 Å². The maximum absolute atomic E-state index is 11.8. The summed E-state index contributed by atoms with van der Waals surface area (Å²) in [5, 5.41) is 6.64. The van der Waals surface area contributed by atoms with Gasteiger partial charge in [-0.15, -0.1) is 12.4 Å². The number of carbonyl (C=O) groups excluding carboxylic acids is 1. The third-order valence-corrected chi connectivity index (χ3v) is 4.53.